The van der Waals surface area contributed by atoms with E-state index in [0.717, 1.165) is 38.5 Å². The molecule has 0 aromatic rings. The van der Waals surface area contributed by atoms with Gasteiger partial charge in [-0.2, -0.15) is 0 Å². The van der Waals surface area contributed by atoms with Crippen LogP contribution in [0.25, 0.3) is 0 Å². The predicted octanol–water partition coefficient (Wildman–Crippen LogP) is 3.11. The Morgan fingerprint density at radius 1 is 1.21 bits per heavy atom. The molecule has 0 spiro atoms. The van der Waals surface area contributed by atoms with E-state index in [1.54, 1.807) is 0 Å². The number of carbonyl (C=O) groups is 2. The Labute approximate surface area is 116 Å². The summed E-state index contributed by atoms with van der Waals surface area (Å²) in [4.78, 5) is 22.9. The maximum Gasteiger partial charge on any atom is 0.305 e. The first-order valence-corrected chi connectivity index (χ1v) is 7.25. The third-order valence-corrected chi connectivity index (χ3v) is 3.79. The second-order valence-corrected chi connectivity index (χ2v) is 7.02. The lowest BCUT2D eigenvalue weighted by atomic mass is 9.89. The Balaban J connectivity index is 2.42. The summed E-state index contributed by atoms with van der Waals surface area (Å²) in [5, 5.41) is 12.0. The van der Waals surface area contributed by atoms with Crippen molar-refractivity contribution in [2.75, 3.05) is 0 Å². The van der Waals surface area contributed by atoms with Gasteiger partial charge in [-0.25, -0.2) is 0 Å². The van der Waals surface area contributed by atoms with E-state index < -0.39 is 11.5 Å². The van der Waals surface area contributed by atoms with Crippen LogP contribution in [0.5, 0.6) is 0 Å². The summed E-state index contributed by atoms with van der Waals surface area (Å²) in [6.07, 6.45) is 6.03. The fraction of sp³-hybridized carbons (Fsp3) is 0.867. The highest BCUT2D eigenvalue weighted by Gasteiger charge is 2.37. The first-order valence-electron chi connectivity index (χ1n) is 7.25. The van der Waals surface area contributed by atoms with Crippen LogP contribution in [0.2, 0.25) is 0 Å². The molecule has 4 heteroatoms. The zero-order chi connectivity index (χ0) is 14.5. The second-order valence-electron chi connectivity index (χ2n) is 7.02. The van der Waals surface area contributed by atoms with E-state index in [4.69, 9.17) is 5.11 Å². The van der Waals surface area contributed by atoms with Crippen LogP contribution in [0.1, 0.15) is 72.1 Å². The first kappa shape index (κ1) is 16.0. The minimum Gasteiger partial charge on any atom is -0.481 e. The highest BCUT2D eigenvalue weighted by atomic mass is 16.4. The lowest BCUT2D eigenvalue weighted by molar-refractivity contribution is -0.139. The highest BCUT2D eigenvalue weighted by molar-refractivity contribution is 5.78. The lowest BCUT2D eigenvalue weighted by Gasteiger charge is -2.29. The molecule has 1 amide bonds. The van der Waals surface area contributed by atoms with E-state index in [1.807, 2.05) is 0 Å². The molecule has 1 aliphatic rings. The van der Waals surface area contributed by atoms with E-state index in [-0.39, 0.29) is 17.7 Å². The van der Waals surface area contributed by atoms with Crippen molar-refractivity contribution in [3.63, 3.8) is 0 Å². The van der Waals surface area contributed by atoms with Gasteiger partial charge in [0.05, 0.1) is 12.0 Å². The molecule has 0 radical (unpaired) electrons. The van der Waals surface area contributed by atoms with Gasteiger partial charge in [-0.05, 0) is 31.1 Å². The summed E-state index contributed by atoms with van der Waals surface area (Å²) < 4.78 is 0. The smallest absolute Gasteiger partial charge is 0.305 e. The van der Waals surface area contributed by atoms with Gasteiger partial charge in [0.15, 0.2) is 0 Å². The number of carbonyl (C=O) groups excluding carboxylic acids is 1. The van der Waals surface area contributed by atoms with Crippen molar-refractivity contribution in [1.82, 2.24) is 5.32 Å². The van der Waals surface area contributed by atoms with E-state index in [0.29, 0.717) is 6.42 Å². The summed E-state index contributed by atoms with van der Waals surface area (Å²) in [5.41, 5.74) is -0.239. The van der Waals surface area contributed by atoms with E-state index in [1.165, 1.54) is 0 Å². The zero-order valence-electron chi connectivity index (χ0n) is 12.4. The Kier molecular flexibility index (Phi) is 5.39. The molecule has 0 saturated heterocycles. The normalized spacial score (nSPS) is 18.3. The van der Waals surface area contributed by atoms with Gasteiger partial charge >= 0.3 is 5.97 Å². The van der Waals surface area contributed by atoms with Crippen molar-refractivity contribution in [3.05, 3.63) is 0 Å². The Morgan fingerprint density at radius 2 is 1.79 bits per heavy atom. The van der Waals surface area contributed by atoms with Gasteiger partial charge in [0, 0.05) is 6.42 Å². The van der Waals surface area contributed by atoms with Crippen molar-refractivity contribution in [3.8, 4) is 0 Å². The third-order valence-electron chi connectivity index (χ3n) is 3.79. The van der Waals surface area contributed by atoms with Crippen LogP contribution in [-0.2, 0) is 9.59 Å². The molecule has 0 aliphatic heterocycles. The van der Waals surface area contributed by atoms with Crippen LogP contribution in [0.15, 0.2) is 0 Å². The standard InChI is InChI=1S/C15H27NO3/c1-14(2,3)8-6-7-12(17)16-15(11-13(18)19)9-4-5-10-15/h4-11H2,1-3H3,(H,16,17)(H,18,19). The number of carboxylic acids is 1. The molecule has 110 valence electrons. The van der Waals surface area contributed by atoms with Crippen molar-refractivity contribution in [2.24, 2.45) is 5.41 Å². The number of amides is 1. The van der Waals surface area contributed by atoms with Crippen LogP contribution in [0, 0.1) is 5.41 Å². The number of hydrogen-bond acceptors (Lipinski definition) is 2. The third kappa shape index (κ3) is 6.08. The Morgan fingerprint density at radius 3 is 2.26 bits per heavy atom. The molecule has 0 heterocycles. The van der Waals surface area contributed by atoms with Gasteiger partial charge < -0.3 is 10.4 Å². The minimum absolute atomic E-state index is 0.00685. The van der Waals surface area contributed by atoms with Crippen molar-refractivity contribution in [2.45, 2.75) is 77.7 Å². The van der Waals surface area contributed by atoms with Crippen molar-refractivity contribution < 1.29 is 14.7 Å². The summed E-state index contributed by atoms with van der Waals surface area (Å²) in [5.74, 6) is -0.815. The topological polar surface area (TPSA) is 66.4 Å². The Hall–Kier alpha value is -1.06. The molecule has 0 bridgehead atoms. The summed E-state index contributed by atoms with van der Waals surface area (Å²) >= 11 is 0. The summed E-state index contributed by atoms with van der Waals surface area (Å²) in [6.45, 7) is 6.48. The monoisotopic (exact) mass is 269 g/mol. The molecule has 0 unspecified atom stereocenters. The predicted molar refractivity (Wildman–Crippen MR) is 74.9 cm³/mol. The molecule has 4 nitrogen and oxygen atoms in total. The van der Waals surface area contributed by atoms with Crippen LogP contribution in [0.3, 0.4) is 0 Å². The first-order chi connectivity index (χ1) is 8.72. The fourth-order valence-electron chi connectivity index (χ4n) is 2.82. The molecule has 0 aromatic heterocycles. The SMILES string of the molecule is CC(C)(C)CCCC(=O)NC1(CC(=O)O)CCCC1. The molecule has 0 aromatic carbocycles. The summed E-state index contributed by atoms with van der Waals surface area (Å²) in [7, 11) is 0. The van der Waals surface area contributed by atoms with Gasteiger partial charge in [-0.1, -0.05) is 33.6 Å². The zero-order valence-corrected chi connectivity index (χ0v) is 12.4. The number of aliphatic carboxylic acids is 1. The quantitative estimate of drug-likeness (QED) is 0.778. The Bertz CT molecular complexity index is 325. The van der Waals surface area contributed by atoms with Gasteiger partial charge in [0.2, 0.25) is 5.91 Å². The maximum absolute atomic E-state index is 12.0. The van der Waals surface area contributed by atoms with Crippen LogP contribution >= 0.6 is 0 Å². The highest BCUT2D eigenvalue weighted by Crippen LogP contribution is 2.33. The summed E-state index contributed by atoms with van der Waals surface area (Å²) in [6, 6.07) is 0. The number of rotatable bonds is 6. The molecule has 1 aliphatic carbocycles. The van der Waals surface area contributed by atoms with Gasteiger partial charge in [0.25, 0.3) is 0 Å². The number of hydrogen-bond donors (Lipinski definition) is 2. The molecule has 1 fully saturated rings. The maximum atomic E-state index is 12.0. The lowest BCUT2D eigenvalue weighted by Crippen LogP contribution is -2.47. The molecule has 19 heavy (non-hydrogen) atoms. The molecule has 2 N–H and O–H groups in total. The van der Waals surface area contributed by atoms with Gasteiger partial charge in [0.1, 0.15) is 0 Å². The minimum atomic E-state index is -0.822. The molecular weight excluding hydrogens is 242 g/mol. The molecular formula is C15H27NO3. The fourth-order valence-corrected chi connectivity index (χ4v) is 2.82. The van der Waals surface area contributed by atoms with Crippen molar-refractivity contribution >= 4 is 11.9 Å². The largest absolute Gasteiger partial charge is 0.481 e. The van der Waals surface area contributed by atoms with Gasteiger partial charge in [-0.15, -0.1) is 0 Å². The molecule has 0 atom stereocenters. The number of nitrogens with one attached hydrogen (secondary N) is 1. The van der Waals surface area contributed by atoms with Crippen molar-refractivity contribution in [1.29, 1.82) is 0 Å². The molecule has 1 rings (SSSR count). The van der Waals surface area contributed by atoms with E-state index in [9.17, 15) is 9.59 Å². The average molecular weight is 269 g/mol. The van der Waals surface area contributed by atoms with Crippen LogP contribution in [0.4, 0.5) is 0 Å². The average Bonchev–Trinajstić information content (AvgIpc) is 2.62. The van der Waals surface area contributed by atoms with Crippen LogP contribution in [-0.4, -0.2) is 22.5 Å². The second kappa shape index (κ2) is 6.40. The van der Waals surface area contributed by atoms with Crippen LogP contribution < -0.4 is 5.32 Å². The molecule has 1 saturated carbocycles. The van der Waals surface area contributed by atoms with Gasteiger partial charge in [-0.3, -0.25) is 9.59 Å². The van der Waals surface area contributed by atoms with E-state index >= 15 is 0 Å². The number of carboxylic acid groups (broad SMARTS) is 1. The van der Waals surface area contributed by atoms with E-state index in [2.05, 4.69) is 26.1 Å².